The van der Waals surface area contributed by atoms with E-state index in [0.29, 0.717) is 12.5 Å². The molecular weight excluding hydrogens is 350 g/mol. The summed E-state index contributed by atoms with van der Waals surface area (Å²) >= 11 is 0. The van der Waals surface area contributed by atoms with Crippen molar-refractivity contribution in [3.63, 3.8) is 0 Å². The maximum atomic E-state index is 4.54. The number of piperidine rings is 1. The lowest BCUT2D eigenvalue weighted by Gasteiger charge is -2.32. The third kappa shape index (κ3) is 3.33. The highest BCUT2D eigenvalue weighted by Gasteiger charge is 2.26. The lowest BCUT2D eigenvalue weighted by molar-refractivity contribution is 0.195. The highest BCUT2D eigenvalue weighted by atomic mass is 15.3. The van der Waals surface area contributed by atoms with Crippen LogP contribution in [0.25, 0.3) is 10.9 Å². The van der Waals surface area contributed by atoms with Crippen LogP contribution in [0.4, 0.5) is 0 Å². The van der Waals surface area contributed by atoms with E-state index in [1.54, 1.807) is 6.20 Å². The van der Waals surface area contributed by atoms with Gasteiger partial charge < -0.3 is 14.1 Å². The van der Waals surface area contributed by atoms with Crippen LogP contribution in [0.3, 0.4) is 0 Å². The predicted octanol–water partition coefficient (Wildman–Crippen LogP) is 2.92. The molecule has 1 atom stereocenters. The maximum absolute atomic E-state index is 4.54. The van der Waals surface area contributed by atoms with Gasteiger partial charge >= 0.3 is 0 Å². The Morgan fingerprint density at radius 2 is 2.14 bits per heavy atom. The van der Waals surface area contributed by atoms with Crippen molar-refractivity contribution in [2.24, 2.45) is 7.05 Å². The number of nitrogens with one attached hydrogen (secondary N) is 1. The third-order valence-electron chi connectivity index (χ3n) is 5.78. The summed E-state index contributed by atoms with van der Waals surface area (Å²) in [5.41, 5.74) is 2.57. The third-order valence-corrected chi connectivity index (χ3v) is 5.78. The molecule has 1 N–H and O–H groups in total. The maximum Gasteiger partial charge on any atom is 0.152 e. The monoisotopic (exact) mass is 375 g/mol. The molecule has 7 heteroatoms. The summed E-state index contributed by atoms with van der Waals surface area (Å²) in [7, 11) is 2.08. The number of nitrogens with zero attached hydrogens (tertiary/aromatic N) is 6. The van der Waals surface area contributed by atoms with Crippen LogP contribution < -0.4 is 0 Å². The topological polar surface area (TPSA) is 67.6 Å². The van der Waals surface area contributed by atoms with Crippen LogP contribution in [-0.2, 0) is 20.1 Å². The van der Waals surface area contributed by atoms with Crippen molar-refractivity contribution >= 4 is 10.9 Å². The van der Waals surface area contributed by atoms with Crippen LogP contribution in [0.1, 0.15) is 36.0 Å². The minimum absolute atomic E-state index is 0.429. The van der Waals surface area contributed by atoms with E-state index in [9.17, 15) is 0 Å². The summed E-state index contributed by atoms with van der Waals surface area (Å²) in [5, 5.41) is 10.3. The van der Waals surface area contributed by atoms with Gasteiger partial charge in [0.2, 0.25) is 0 Å². The number of H-pyrrole nitrogens is 1. The molecule has 0 amide bonds. The smallest absolute Gasteiger partial charge is 0.152 e. The number of imidazole rings is 1. The van der Waals surface area contributed by atoms with Gasteiger partial charge in [-0.15, -0.1) is 10.2 Å². The van der Waals surface area contributed by atoms with Crippen molar-refractivity contribution in [1.82, 2.24) is 34.2 Å². The minimum atomic E-state index is 0.429. The molecule has 1 saturated heterocycles. The molecule has 0 bridgehead atoms. The first kappa shape index (κ1) is 17.2. The summed E-state index contributed by atoms with van der Waals surface area (Å²) in [6.45, 7) is 3.86. The van der Waals surface area contributed by atoms with E-state index in [-0.39, 0.29) is 0 Å². The molecule has 1 aromatic carbocycles. The van der Waals surface area contributed by atoms with Crippen molar-refractivity contribution in [1.29, 1.82) is 0 Å². The molecular formula is C21H25N7. The number of hydrogen-bond donors (Lipinski definition) is 1. The lowest BCUT2D eigenvalue weighted by atomic mass is 9.96. The number of fused-ring (bicyclic) bond motifs is 1. The van der Waals surface area contributed by atoms with Crippen molar-refractivity contribution in [2.75, 3.05) is 13.1 Å². The van der Waals surface area contributed by atoms with E-state index in [0.717, 1.165) is 31.3 Å². The largest absolute Gasteiger partial charge is 0.361 e. The first-order valence-corrected chi connectivity index (χ1v) is 9.88. The van der Waals surface area contributed by atoms with Crippen molar-refractivity contribution in [2.45, 2.75) is 31.8 Å². The zero-order valence-electron chi connectivity index (χ0n) is 16.1. The molecule has 1 fully saturated rings. The Kier molecular flexibility index (Phi) is 4.44. The highest BCUT2D eigenvalue weighted by Crippen LogP contribution is 2.27. The van der Waals surface area contributed by atoms with Crippen molar-refractivity contribution in [3.8, 4) is 0 Å². The highest BCUT2D eigenvalue weighted by molar-refractivity contribution is 5.79. The SMILES string of the molecule is Cn1c(Cn2ccnc2)nnc1[C@@H]1CCCN(Cc2ccc3[nH]ccc3c2)C1. The van der Waals surface area contributed by atoms with Gasteiger partial charge in [0.1, 0.15) is 5.82 Å². The van der Waals surface area contributed by atoms with E-state index >= 15 is 0 Å². The van der Waals surface area contributed by atoms with Crippen molar-refractivity contribution in [3.05, 3.63) is 66.4 Å². The van der Waals surface area contributed by atoms with E-state index in [1.165, 1.54) is 29.3 Å². The fraction of sp³-hybridized carbons (Fsp3) is 0.381. The number of hydrogen-bond acceptors (Lipinski definition) is 4. The molecule has 4 aromatic rings. The van der Waals surface area contributed by atoms with Gasteiger partial charge in [-0.1, -0.05) is 6.07 Å². The number of aromatic amines is 1. The van der Waals surface area contributed by atoms with Gasteiger partial charge in [-0.3, -0.25) is 4.90 Å². The Morgan fingerprint density at radius 3 is 3.04 bits per heavy atom. The molecule has 7 nitrogen and oxygen atoms in total. The zero-order chi connectivity index (χ0) is 18.9. The quantitative estimate of drug-likeness (QED) is 0.582. The summed E-state index contributed by atoms with van der Waals surface area (Å²) in [5.74, 6) is 2.50. The molecule has 1 aliphatic rings. The second-order valence-corrected chi connectivity index (χ2v) is 7.74. The number of likely N-dealkylation sites (tertiary alicyclic amines) is 1. The Bertz CT molecular complexity index is 1060. The second kappa shape index (κ2) is 7.24. The van der Waals surface area contributed by atoms with E-state index < -0.39 is 0 Å². The van der Waals surface area contributed by atoms with E-state index in [4.69, 9.17) is 0 Å². The molecule has 28 heavy (non-hydrogen) atoms. The Labute approximate surface area is 164 Å². The fourth-order valence-electron chi connectivity index (χ4n) is 4.28. The van der Waals surface area contributed by atoms with Crippen LogP contribution in [0, 0.1) is 0 Å². The molecule has 0 unspecified atom stereocenters. The summed E-state index contributed by atoms with van der Waals surface area (Å²) < 4.78 is 4.19. The van der Waals surface area contributed by atoms with Gasteiger partial charge in [-0.05, 0) is 48.5 Å². The Morgan fingerprint density at radius 1 is 1.18 bits per heavy atom. The zero-order valence-corrected chi connectivity index (χ0v) is 16.1. The lowest BCUT2D eigenvalue weighted by Crippen LogP contribution is -2.34. The molecule has 0 radical (unpaired) electrons. The fourth-order valence-corrected chi connectivity index (χ4v) is 4.28. The molecule has 3 aromatic heterocycles. The first-order chi connectivity index (χ1) is 13.8. The van der Waals surface area contributed by atoms with Crippen molar-refractivity contribution < 1.29 is 0 Å². The molecule has 4 heterocycles. The summed E-state index contributed by atoms with van der Waals surface area (Å²) in [6.07, 6.45) is 9.93. The van der Waals surface area contributed by atoms with Gasteiger partial charge in [-0.2, -0.15) is 0 Å². The van der Waals surface area contributed by atoms with Crippen LogP contribution in [-0.4, -0.2) is 47.3 Å². The Hall–Kier alpha value is -2.93. The summed E-state index contributed by atoms with van der Waals surface area (Å²) in [4.78, 5) is 9.92. The predicted molar refractivity (Wildman–Crippen MR) is 108 cm³/mol. The molecule has 5 rings (SSSR count). The van der Waals surface area contributed by atoms with Crippen LogP contribution >= 0.6 is 0 Å². The van der Waals surface area contributed by atoms with E-state index in [2.05, 4.69) is 60.9 Å². The molecule has 0 spiro atoms. The molecule has 0 saturated carbocycles. The van der Waals surface area contributed by atoms with Crippen LogP contribution in [0.5, 0.6) is 0 Å². The average molecular weight is 375 g/mol. The minimum Gasteiger partial charge on any atom is -0.361 e. The van der Waals surface area contributed by atoms with Crippen LogP contribution in [0.15, 0.2) is 49.2 Å². The number of aromatic nitrogens is 6. The van der Waals surface area contributed by atoms with E-state index in [1.807, 2.05) is 23.3 Å². The number of rotatable bonds is 5. The Balaban J connectivity index is 1.29. The normalized spacial score (nSPS) is 18.1. The van der Waals surface area contributed by atoms with Gasteiger partial charge in [0.25, 0.3) is 0 Å². The van der Waals surface area contributed by atoms with Gasteiger partial charge in [0, 0.05) is 50.2 Å². The average Bonchev–Trinajstić information content (AvgIpc) is 3.45. The molecule has 0 aliphatic carbocycles. The second-order valence-electron chi connectivity index (χ2n) is 7.74. The first-order valence-electron chi connectivity index (χ1n) is 9.88. The van der Waals surface area contributed by atoms with Crippen LogP contribution in [0.2, 0.25) is 0 Å². The molecule has 144 valence electrons. The van der Waals surface area contributed by atoms with Gasteiger partial charge in [0.15, 0.2) is 5.82 Å². The van der Waals surface area contributed by atoms with Gasteiger partial charge in [-0.25, -0.2) is 4.98 Å². The molecule has 1 aliphatic heterocycles. The van der Waals surface area contributed by atoms with Gasteiger partial charge in [0.05, 0.1) is 12.9 Å². The number of benzene rings is 1. The standard InChI is InChI=1S/C21H25N7/c1-26-20(14-28-10-8-22-15-28)24-25-21(26)18-3-2-9-27(13-18)12-16-4-5-19-17(11-16)6-7-23-19/h4-8,10-11,15,18,23H,2-3,9,12-14H2,1H3/t18-/m1/s1. The summed E-state index contributed by atoms with van der Waals surface area (Å²) in [6, 6.07) is 8.84.